The average Bonchev–Trinajstić information content (AvgIpc) is 2.97. The predicted octanol–water partition coefficient (Wildman–Crippen LogP) is 6.13. The molecule has 0 saturated carbocycles. The van der Waals surface area contributed by atoms with E-state index in [4.69, 9.17) is 0 Å². The van der Waals surface area contributed by atoms with Crippen LogP contribution in [0.15, 0.2) is 75.8 Å². The van der Waals surface area contributed by atoms with Crippen LogP contribution in [0.3, 0.4) is 0 Å². The maximum absolute atomic E-state index is 2.23. The zero-order chi connectivity index (χ0) is 13.8. The quantitative estimate of drug-likeness (QED) is 0.558. The summed E-state index contributed by atoms with van der Waals surface area (Å²) in [7, 11) is 0. The van der Waals surface area contributed by atoms with Gasteiger partial charge in [0.2, 0.25) is 0 Å². The van der Waals surface area contributed by atoms with Crippen LogP contribution in [-0.4, -0.2) is 0 Å². The molecule has 0 unspecified atom stereocenters. The Morgan fingerprint density at radius 3 is 2.15 bits per heavy atom. The molecule has 2 heteroatoms. The van der Waals surface area contributed by atoms with Crippen LogP contribution in [-0.2, 0) is 6.42 Å². The summed E-state index contributed by atoms with van der Waals surface area (Å²) in [6.07, 6.45) is 1.12. The van der Waals surface area contributed by atoms with Crippen LogP contribution in [0.5, 0.6) is 0 Å². The van der Waals surface area contributed by atoms with Crippen molar-refractivity contribution in [1.29, 1.82) is 0 Å². The van der Waals surface area contributed by atoms with E-state index >= 15 is 0 Å². The molecular formula is C18H16S2. The third-order valence-corrected chi connectivity index (χ3v) is 5.53. The van der Waals surface area contributed by atoms with Crippen LogP contribution < -0.4 is 0 Å². The number of aryl methyl sites for hydroxylation is 1. The Kier molecular flexibility index (Phi) is 4.24. The topological polar surface area (TPSA) is 0 Å². The number of hydrogen-bond acceptors (Lipinski definition) is 2. The van der Waals surface area contributed by atoms with Crippen LogP contribution in [0.1, 0.15) is 11.8 Å². The molecule has 0 atom stereocenters. The van der Waals surface area contributed by atoms with Gasteiger partial charge in [-0.1, -0.05) is 61.2 Å². The Hall–Kier alpha value is -1.51. The fraction of sp³-hybridized carbons (Fsp3) is 0.111. The monoisotopic (exact) mass is 296 g/mol. The third kappa shape index (κ3) is 3.14. The van der Waals surface area contributed by atoms with E-state index in [1.165, 1.54) is 25.1 Å². The number of rotatable bonds is 4. The van der Waals surface area contributed by atoms with Gasteiger partial charge in [-0.25, -0.2) is 0 Å². The highest BCUT2D eigenvalue weighted by Gasteiger charge is 2.02. The van der Waals surface area contributed by atoms with Gasteiger partial charge in [-0.15, -0.1) is 11.3 Å². The van der Waals surface area contributed by atoms with Crippen molar-refractivity contribution in [3.05, 3.63) is 71.6 Å². The van der Waals surface area contributed by atoms with Crippen LogP contribution >= 0.6 is 23.1 Å². The van der Waals surface area contributed by atoms with E-state index in [2.05, 4.69) is 73.7 Å². The molecule has 0 aliphatic carbocycles. The molecule has 3 rings (SSSR count). The highest BCUT2D eigenvalue weighted by atomic mass is 32.2. The smallest absolute Gasteiger partial charge is 0.0649 e. The third-order valence-electron chi connectivity index (χ3n) is 3.17. The van der Waals surface area contributed by atoms with E-state index in [-0.39, 0.29) is 0 Å². The lowest BCUT2D eigenvalue weighted by Crippen LogP contribution is -1.77. The number of thiophene rings is 1. The van der Waals surface area contributed by atoms with Gasteiger partial charge in [0.25, 0.3) is 0 Å². The Morgan fingerprint density at radius 1 is 0.800 bits per heavy atom. The molecule has 20 heavy (non-hydrogen) atoms. The standard InChI is InChI=1S/C18H16S2/c1-2-16-12-13-18(19-16)20-17-10-8-15(9-11-17)14-6-4-3-5-7-14/h3-13H,2H2,1H3. The molecule has 0 amide bonds. The van der Waals surface area contributed by atoms with Crippen molar-refractivity contribution in [3.8, 4) is 11.1 Å². The summed E-state index contributed by atoms with van der Waals surface area (Å²) in [5, 5.41) is 0. The normalized spacial score (nSPS) is 10.7. The molecule has 3 aromatic rings. The van der Waals surface area contributed by atoms with Crippen LogP contribution in [0.4, 0.5) is 0 Å². The lowest BCUT2D eigenvalue weighted by molar-refractivity contribution is 1.19. The molecule has 0 bridgehead atoms. The summed E-state index contributed by atoms with van der Waals surface area (Å²) < 4.78 is 1.37. The first-order chi connectivity index (χ1) is 9.85. The van der Waals surface area contributed by atoms with Crippen molar-refractivity contribution in [1.82, 2.24) is 0 Å². The van der Waals surface area contributed by atoms with E-state index < -0.39 is 0 Å². The minimum atomic E-state index is 1.12. The predicted molar refractivity (Wildman–Crippen MR) is 89.7 cm³/mol. The second kappa shape index (κ2) is 6.29. The lowest BCUT2D eigenvalue weighted by atomic mass is 10.1. The molecule has 0 radical (unpaired) electrons. The first kappa shape index (κ1) is 13.5. The van der Waals surface area contributed by atoms with Crippen molar-refractivity contribution < 1.29 is 0 Å². The Morgan fingerprint density at radius 2 is 1.50 bits per heavy atom. The minimum Gasteiger partial charge on any atom is -0.134 e. The van der Waals surface area contributed by atoms with Gasteiger partial charge in [-0.2, -0.15) is 0 Å². The Bertz CT molecular complexity index is 666. The number of hydrogen-bond donors (Lipinski definition) is 0. The average molecular weight is 296 g/mol. The molecule has 1 heterocycles. The first-order valence-corrected chi connectivity index (χ1v) is 8.40. The molecule has 2 aromatic carbocycles. The Balaban J connectivity index is 1.76. The summed E-state index contributed by atoms with van der Waals surface area (Å²) in [4.78, 5) is 2.75. The van der Waals surface area contributed by atoms with Crippen molar-refractivity contribution in [2.24, 2.45) is 0 Å². The fourth-order valence-corrected chi connectivity index (χ4v) is 4.16. The van der Waals surface area contributed by atoms with Gasteiger partial charge >= 0.3 is 0 Å². The molecule has 1 aromatic heterocycles. The molecule has 0 N–H and O–H groups in total. The summed E-state index contributed by atoms with van der Waals surface area (Å²) in [6.45, 7) is 2.20. The zero-order valence-corrected chi connectivity index (χ0v) is 13.0. The van der Waals surface area contributed by atoms with E-state index in [9.17, 15) is 0 Å². The second-order valence-corrected chi connectivity index (χ2v) is 7.11. The molecular weight excluding hydrogens is 280 g/mol. The lowest BCUT2D eigenvalue weighted by Gasteiger charge is -2.03. The van der Waals surface area contributed by atoms with Gasteiger partial charge in [-0.05, 0) is 41.8 Å². The summed E-state index contributed by atoms with van der Waals surface area (Å²) in [6, 6.07) is 23.8. The molecule has 0 fully saturated rings. The van der Waals surface area contributed by atoms with Crippen LogP contribution in [0.25, 0.3) is 11.1 Å². The molecule has 0 nitrogen and oxygen atoms in total. The summed E-state index contributed by atoms with van der Waals surface area (Å²) in [5.41, 5.74) is 2.55. The molecule has 0 aliphatic heterocycles. The first-order valence-electron chi connectivity index (χ1n) is 6.77. The molecule has 0 saturated heterocycles. The van der Waals surface area contributed by atoms with Crippen molar-refractivity contribution >= 4 is 23.1 Å². The maximum atomic E-state index is 2.23. The van der Waals surface area contributed by atoms with Gasteiger partial charge < -0.3 is 0 Å². The molecule has 0 spiro atoms. The summed E-state index contributed by atoms with van der Waals surface area (Å²) >= 11 is 3.74. The van der Waals surface area contributed by atoms with Crippen LogP contribution in [0, 0.1) is 0 Å². The molecule has 100 valence electrons. The second-order valence-electron chi connectivity index (χ2n) is 4.57. The zero-order valence-electron chi connectivity index (χ0n) is 11.4. The van der Waals surface area contributed by atoms with Crippen molar-refractivity contribution in [3.63, 3.8) is 0 Å². The highest BCUT2D eigenvalue weighted by Crippen LogP contribution is 2.34. The number of benzene rings is 2. The van der Waals surface area contributed by atoms with Gasteiger partial charge in [0.15, 0.2) is 0 Å². The highest BCUT2D eigenvalue weighted by molar-refractivity contribution is 8.01. The van der Waals surface area contributed by atoms with Crippen molar-refractivity contribution in [2.45, 2.75) is 22.4 Å². The van der Waals surface area contributed by atoms with Crippen molar-refractivity contribution in [2.75, 3.05) is 0 Å². The SMILES string of the molecule is CCc1ccc(Sc2ccc(-c3ccccc3)cc2)s1. The van der Waals surface area contributed by atoms with E-state index in [1.54, 1.807) is 0 Å². The Labute approximate surface area is 128 Å². The van der Waals surface area contributed by atoms with Gasteiger partial charge in [-0.3, -0.25) is 0 Å². The summed E-state index contributed by atoms with van der Waals surface area (Å²) in [5.74, 6) is 0. The van der Waals surface area contributed by atoms with Gasteiger partial charge in [0.1, 0.15) is 0 Å². The van der Waals surface area contributed by atoms with E-state index in [1.807, 2.05) is 23.1 Å². The maximum Gasteiger partial charge on any atom is 0.0649 e. The largest absolute Gasteiger partial charge is 0.134 e. The van der Waals surface area contributed by atoms with Gasteiger partial charge in [0, 0.05) is 9.77 Å². The van der Waals surface area contributed by atoms with Crippen LogP contribution in [0.2, 0.25) is 0 Å². The van der Waals surface area contributed by atoms with E-state index in [0.717, 1.165) is 6.42 Å². The van der Waals surface area contributed by atoms with Gasteiger partial charge in [0.05, 0.1) is 4.21 Å². The fourth-order valence-electron chi connectivity index (χ4n) is 2.07. The minimum absolute atomic E-state index is 1.12. The van der Waals surface area contributed by atoms with E-state index in [0.29, 0.717) is 0 Å². The molecule has 0 aliphatic rings.